The summed E-state index contributed by atoms with van der Waals surface area (Å²) < 4.78 is 24.8. The molecule has 0 aliphatic carbocycles. The minimum absolute atomic E-state index is 0.0544. The zero-order chi connectivity index (χ0) is 10.0. The lowest BCUT2D eigenvalue weighted by atomic mass is 10.4. The van der Waals surface area contributed by atoms with Gasteiger partial charge in [0, 0.05) is 6.20 Å². The number of hydrogen-bond donors (Lipinski definition) is 1. The molecule has 0 aromatic carbocycles. The summed E-state index contributed by atoms with van der Waals surface area (Å²) in [5.41, 5.74) is -0.0544. The van der Waals surface area contributed by atoms with Crippen molar-refractivity contribution in [2.24, 2.45) is 0 Å². The van der Waals surface area contributed by atoms with E-state index in [1.807, 2.05) is 0 Å². The Balaban J connectivity index is 2.89. The summed E-state index contributed by atoms with van der Waals surface area (Å²) in [5, 5.41) is 12.2. The summed E-state index contributed by atoms with van der Waals surface area (Å²) in [6.07, 6.45) is -1.44. The number of rotatable bonds is 3. The molecule has 1 rings (SSSR count). The van der Waals surface area contributed by atoms with Gasteiger partial charge < -0.3 is 5.11 Å². The Morgan fingerprint density at radius 3 is 2.77 bits per heavy atom. The Kier molecular flexibility index (Phi) is 3.17. The number of aromatic nitrogens is 2. The van der Waals surface area contributed by atoms with Gasteiger partial charge in [0.1, 0.15) is 15.8 Å². The first-order valence-corrected chi connectivity index (χ1v) is 4.33. The molecule has 0 saturated heterocycles. The lowest BCUT2D eigenvalue weighted by Gasteiger charge is -1.97. The maximum absolute atomic E-state index is 11.9. The van der Waals surface area contributed by atoms with E-state index in [0.29, 0.717) is 0 Å². The van der Waals surface area contributed by atoms with E-state index in [1.54, 1.807) is 22.6 Å². The van der Waals surface area contributed by atoms with Gasteiger partial charge in [-0.25, -0.2) is 13.6 Å². The summed E-state index contributed by atoms with van der Waals surface area (Å²) in [5.74, 6) is -1.16. The SMILES string of the molecule is O=C(O)c1cn(CC(F)F)nc1I. The first-order valence-electron chi connectivity index (χ1n) is 3.25. The highest BCUT2D eigenvalue weighted by atomic mass is 127. The molecule has 0 amide bonds. The van der Waals surface area contributed by atoms with E-state index in [2.05, 4.69) is 5.10 Å². The summed E-state index contributed by atoms with van der Waals surface area (Å²) in [6, 6.07) is 0. The molecule has 0 radical (unpaired) electrons. The molecule has 1 aromatic rings. The maximum Gasteiger partial charge on any atom is 0.340 e. The first-order chi connectivity index (χ1) is 6.00. The molecule has 0 aliphatic rings. The van der Waals surface area contributed by atoms with Crippen LogP contribution in [0.25, 0.3) is 0 Å². The summed E-state index contributed by atoms with van der Waals surface area (Å²) in [6.45, 7) is -0.580. The molecule has 0 atom stereocenters. The molecule has 0 saturated carbocycles. The molecule has 1 heterocycles. The number of hydrogen-bond acceptors (Lipinski definition) is 2. The fraction of sp³-hybridized carbons (Fsp3) is 0.333. The zero-order valence-corrected chi connectivity index (χ0v) is 8.40. The molecule has 1 N–H and O–H groups in total. The Morgan fingerprint density at radius 2 is 2.38 bits per heavy atom. The molecule has 13 heavy (non-hydrogen) atoms. The van der Waals surface area contributed by atoms with E-state index in [0.717, 1.165) is 10.9 Å². The molecular weight excluding hydrogens is 297 g/mol. The van der Waals surface area contributed by atoms with Gasteiger partial charge in [-0.2, -0.15) is 5.10 Å². The number of carbonyl (C=O) groups is 1. The normalized spacial score (nSPS) is 10.8. The maximum atomic E-state index is 11.9. The van der Waals surface area contributed by atoms with Crippen LogP contribution in [0.5, 0.6) is 0 Å². The predicted octanol–water partition coefficient (Wildman–Crippen LogP) is 1.45. The van der Waals surface area contributed by atoms with Crippen LogP contribution in [0.3, 0.4) is 0 Å². The summed E-state index contributed by atoms with van der Waals surface area (Å²) >= 11 is 1.69. The molecule has 0 aliphatic heterocycles. The number of halogens is 3. The molecule has 4 nitrogen and oxygen atoms in total. The molecule has 0 bridgehead atoms. The Morgan fingerprint density at radius 1 is 1.77 bits per heavy atom. The van der Waals surface area contributed by atoms with E-state index < -0.39 is 18.9 Å². The van der Waals surface area contributed by atoms with Crippen LogP contribution in [-0.4, -0.2) is 27.3 Å². The monoisotopic (exact) mass is 302 g/mol. The standard InChI is InChI=1S/C6H5F2IN2O2/c7-4(8)2-11-1-3(6(12)13)5(9)10-11/h1,4H,2H2,(H,12,13). The van der Waals surface area contributed by atoms with Gasteiger partial charge in [-0.15, -0.1) is 0 Å². The van der Waals surface area contributed by atoms with Gasteiger partial charge in [0.05, 0.1) is 0 Å². The quantitative estimate of drug-likeness (QED) is 0.860. The molecule has 7 heteroatoms. The second kappa shape index (κ2) is 3.99. The molecule has 0 spiro atoms. The largest absolute Gasteiger partial charge is 0.478 e. The van der Waals surface area contributed by atoms with Crippen molar-refractivity contribution in [2.75, 3.05) is 0 Å². The third-order valence-electron chi connectivity index (χ3n) is 1.27. The number of carboxylic acids is 1. The Labute approximate surface area is 85.7 Å². The lowest BCUT2D eigenvalue weighted by Crippen LogP contribution is -2.06. The predicted molar refractivity (Wildman–Crippen MR) is 47.9 cm³/mol. The summed E-state index contributed by atoms with van der Waals surface area (Å²) in [7, 11) is 0. The van der Waals surface area contributed by atoms with Crippen molar-refractivity contribution in [3.8, 4) is 0 Å². The van der Waals surface area contributed by atoms with Gasteiger partial charge in [0.15, 0.2) is 0 Å². The fourth-order valence-corrected chi connectivity index (χ4v) is 1.42. The van der Waals surface area contributed by atoms with E-state index >= 15 is 0 Å². The minimum Gasteiger partial charge on any atom is -0.478 e. The fourth-order valence-electron chi connectivity index (χ4n) is 0.776. The van der Waals surface area contributed by atoms with Crippen LogP contribution in [0.1, 0.15) is 10.4 Å². The van der Waals surface area contributed by atoms with Gasteiger partial charge >= 0.3 is 5.97 Å². The van der Waals surface area contributed by atoms with Crippen LogP contribution in [-0.2, 0) is 6.54 Å². The third kappa shape index (κ3) is 2.61. The van der Waals surface area contributed by atoms with Gasteiger partial charge in [-0.1, -0.05) is 0 Å². The van der Waals surface area contributed by atoms with Gasteiger partial charge in [-0.05, 0) is 22.6 Å². The highest BCUT2D eigenvalue weighted by Gasteiger charge is 2.14. The van der Waals surface area contributed by atoms with Crippen LogP contribution in [0.2, 0.25) is 0 Å². The lowest BCUT2D eigenvalue weighted by molar-refractivity contribution is 0.0695. The van der Waals surface area contributed by atoms with E-state index in [9.17, 15) is 13.6 Å². The van der Waals surface area contributed by atoms with Crippen LogP contribution < -0.4 is 0 Å². The average Bonchev–Trinajstić information content (AvgIpc) is 2.29. The first kappa shape index (κ1) is 10.4. The van der Waals surface area contributed by atoms with Crippen molar-refractivity contribution in [3.05, 3.63) is 15.5 Å². The molecule has 72 valence electrons. The smallest absolute Gasteiger partial charge is 0.340 e. The summed E-state index contributed by atoms with van der Waals surface area (Å²) in [4.78, 5) is 10.5. The Bertz CT molecular complexity index is 326. The second-order valence-corrected chi connectivity index (χ2v) is 3.27. The highest BCUT2D eigenvalue weighted by molar-refractivity contribution is 14.1. The number of alkyl halides is 2. The average molecular weight is 302 g/mol. The zero-order valence-electron chi connectivity index (χ0n) is 6.25. The van der Waals surface area contributed by atoms with E-state index in [1.165, 1.54) is 0 Å². The van der Waals surface area contributed by atoms with Crippen molar-refractivity contribution < 1.29 is 18.7 Å². The van der Waals surface area contributed by atoms with Crippen molar-refractivity contribution in [1.82, 2.24) is 9.78 Å². The number of aromatic carboxylic acids is 1. The molecule has 1 aromatic heterocycles. The minimum atomic E-state index is -2.53. The van der Waals surface area contributed by atoms with Crippen LogP contribution >= 0.6 is 22.6 Å². The van der Waals surface area contributed by atoms with Crippen LogP contribution in [0, 0.1) is 3.70 Å². The van der Waals surface area contributed by atoms with Crippen molar-refractivity contribution >= 4 is 28.6 Å². The van der Waals surface area contributed by atoms with Crippen LogP contribution in [0.4, 0.5) is 8.78 Å². The van der Waals surface area contributed by atoms with Crippen molar-refractivity contribution in [3.63, 3.8) is 0 Å². The van der Waals surface area contributed by atoms with E-state index in [4.69, 9.17) is 5.11 Å². The number of nitrogens with zero attached hydrogens (tertiary/aromatic N) is 2. The van der Waals surface area contributed by atoms with E-state index in [-0.39, 0.29) is 9.26 Å². The van der Waals surface area contributed by atoms with Crippen LogP contribution in [0.15, 0.2) is 6.20 Å². The van der Waals surface area contributed by atoms with Gasteiger partial charge in [0.2, 0.25) is 0 Å². The second-order valence-electron chi connectivity index (χ2n) is 2.25. The highest BCUT2D eigenvalue weighted by Crippen LogP contribution is 2.10. The van der Waals surface area contributed by atoms with Crippen molar-refractivity contribution in [1.29, 1.82) is 0 Å². The molecular formula is C6H5F2IN2O2. The van der Waals surface area contributed by atoms with Gasteiger partial charge in [-0.3, -0.25) is 4.68 Å². The van der Waals surface area contributed by atoms with Crippen molar-refractivity contribution in [2.45, 2.75) is 13.0 Å². The third-order valence-corrected chi connectivity index (χ3v) is 2.07. The number of carboxylic acid groups (broad SMARTS) is 1. The van der Waals surface area contributed by atoms with Gasteiger partial charge in [0.25, 0.3) is 6.43 Å². The topological polar surface area (TPSA) is 55.1 Å². The molecule has 0 fully saturated rings. The Hall–Kier alpha value is -0.730. The molecule has 0 unspecified atom stereocenters.